The lowest BCUT2D eigenvalue weighted by Crippen LogP contribution is -2.10. The summed E-state index contributed by atoms with van der Waals surface area (Å²) in [6.07, 6.45) is 1.84. The number of nitrogens with one attached hydrogen (secondary N) is 1. The smallest absolute Gasteiger partial charge is 0.223 e. The summed E-state index contributed by atoms with van der Waals surface area (Å²) in [6.45, 7) is 4.55. The molecule has 0 aromatic carbocycles. The molecule has 2 rings (SSSR count). The van der Waals surface area contributed by atoms with E-state index in [1.807, 2.05) is 20.0 Å². The molecule has 0 atom stereocenters. The minimum Gasteiger partial charge on any atom is -0.393 e. The van der Waals surface area contributed by atoms with Gasteiger partial charge in [0.25, 0.3) is 0 Å². The average Bonchev–Trinajstić information content (AvgIpc) is 2.40. The molecule has 0 saturated heterocycles. The van der Waals surface area contributed by atoms with Gasteiger partial charge in [-0.1, -0.05) is 11.6 Å². The van der Waals surface area contributed by atoms with Crippen molar-refractivity contribution in [3.8, 4) is 0 Å². The molecule has 0 bridgehead atoms. The maximum Gasteiger partial charge on any atom is 0.223 e. The van der Waals surface area contributed by atoms with E-state index in [1.165, 1.54) is 3.57 Å². The van der Waals surface area contributed by atoms with E-state index in [1.54, 1.807) is 0 Å². The molecule has 0 saturated carbocycles. The van der Waals surface area contributed by atoms with Gasteiger partial charge in [0, 0.05) is 9.77 Å². The molecule has 0 aliphatic rings. The van der Waals surface area contributed by atoms with E-state index in [-0.39, 0.29) is 16.8 Å². The minimum atomic E-state index is 0.0786. The fourth-order valence-corrected chi connectivity index (χ4v) is 2.32. The second-order valence-corrected chi connectivity index (χ2v) is 5.75. The van der Waals surface area contributed by atoms with E-state index in [9.17, 15) is 0 Å². The van der Waals surface area contributed by atoms with Crippen LogP contribution < -0.4 is 16.8 Å². The summed E-state index contributed by atoms with van der Waals surface area (Å²) in [5, 5.41) is 3.23. The van der Waals surface area contributed by atoms with Crippen molar-refractivity contribution in [2.75, 3.05) is 16.8 Å². The maximum atomic E-state index is 5.87. The summed E-state index contributed by atoms with van der Waals surface area (Å²) in [6, 6.07) is 0. The number of pyridine rings is 1. The molecule has 2 aromatic heterocycles. The number of nitrogens with two attached hydrogens (primary N) is 2. The number of halogens is 2. The van der Waals surface area contributed by atoms with E-state index in [0.717, 1.165) is 16.8 Å². The van der Waals surface area contributed by atoms with E-state index in [0.29, 0.717) is 12.4 Å². The van der Waals surface area contributed by atoms with Crippen LogP contribution in [0, 0.1) is 17.4 Å². The van der Waals surface area contributed by atoms with Gasteiger partial charge in [-0.25, -0.2) is 0 Å². The van der Waals surface area contributed by atoms with Gasteiger partial charge in [0.2, 0.25) is 5.95 Å². The van der Waals surface area contributed by atoms with Crippen molar-refractivity contribution < 1.29 is 0 Å². The summed E-state index contributed by atoms with van der Waals surface area (Å²) >= 11 is 8.17. The van der Waals surface area contributed by atoms with Crippen LogP contribution in [0.5, 0.6) is 0 Å². The van der Waals surface area contributed by atoms with Crippen molar-refractivity contribution >= 4 is 51.6 Å². The molecule has 6 nitrogen and oxygen atoms in total. The van der Waals surface area contributed by atoms with Crippen LogP contribution >= 0.6 is 34.2 Å². The fourth-order valence-electron chi connectivity index (χ4n) is 1.69. The second kappa shape index (κ2) is 5.96. The first-order valence-electron chi connectivity index (χ1n) is 5.83. The zero-order chi connectivity index (χ0) is 14.9. The predicted octanol–water partition coefficient (Wildman–Crippen LogP) is 2.52. The fraction of sp³-hybridized carbons (Fsp3) is 0.250. The molecule has 0 aliphatic carbocycles. The molecule has 20 heavy (non-hydrogen) atoms. The number of hydrogen-bond donors (Lipinski definition) is 3. The zero-order valence-electron chi connectivity index (χ0n) is 11.0. The van der Waals surface area contributed by atoms with Gasteiger partial charge in [-0.15, -0.1) is 0 Å². The Labute approximate surface area is 135 Å². The number of rotatable bonds is 3. The van der Waals surface area contributed by atoms with Crippen molar-refractivity contribution in [3.63, 3.8) is 0 Å². The van der Waals surface area contributed by atoms with Crippen LogP contribution in [0.25, 0.3) is 0 Å². The average molecular weight is 405 g/mol. The summed E-state index contributed by atoms with van der Waals surface area (Å²) in [4.78, 5) is 12.2. The SMILES string of the molecule is Cc1cnc(CNc2nc(N)nc(Cl)c2N)c(C)c1I. The van der Waals surface area contributed by atoms with Crippen LogP contribution in [0.1, 0.15) is 16.8 Å². The molecule has 5 N–H and O–H groups in total. The molecule has 0 unspecified atom stereocenters. The summed E-state index contributed by atoms with van der Waals surface area (Å²) < 4.78 is 1.20. The van der Waals surface area contributed by atoms with Crippen molar-refractivity contribution in [2.24, 2.45) is 0 Å². The number of nitrogens with zero attached hydrogens (tertiary/aromatic N) is 3. The molecule has 0 aliphatic heterocycles. The molecule has 106 valence electrons. The first kappa shape index (κ1) is 15.0. The summed E-state index contributed by atoms with van der Waals surface area (Å²) in [5.41, 5.74) is 14.8. The highest BCUT2D eigenvalue weighted by Gasteiger charge is 2.11. The molecule has 2 heterocycles. The third kappa shape index (κ3) is 3.04. The van der Waals surface area contributed by atoms with E-state index in [4.69, 9.17) is 23.1 Å². The van der Waals surface area contributed by atoms with E-state index >= 15 is 0 Å². The van der Waals surface area contributed by atoms with Crippen molar-refractivity contribution in [2.45, 2.75) is 20.4 Å². The summed E-state index contributed by atoms with van der Waals surface area (Å²) in [5.74, 6) is 0.495. The Bertz CT molecular complexity index is 661. The van der Waals surface area contributed by atoms with Crippen LogP contribution in [-0.4, -0.2) is 15.0 Å². The quantitative estimate of drug-likeness (QED) is 0.536. The van der Waals surface area contributed by atoms with E-state index < -0.39 is 0 Å². The third-order valence-corrected chi connectivity index (χ3v) is 4.81. The Kier molecular flexibility index (Phi) is 4.48. The van der Waals surface area contributed by atoms with Crippen molar-refractivity contribution in [3.05, 3.63) is 31.7 Å². The Morgan fingerprint density at radius 3 is 2.70 bits per heavy atom. The standard InChI is InChI=1S/C12H14ClIN6/c1-5-3-17-7(6(2)8(5)14)4-18-11-9(15)10(13)19-12(16)20-11/h3H,4,15H2,1-2H3,(H3,16,18,19,20). The van der Waals surface area contributed by atoms with Crippen LogP contribution in [-0.2, 0) is 6.54 Å². The van der Waals surface area contributed by atoms with Gasteiger partial charge >= 0.3 is 0 Å². The van der Waals surface area contributed by atoms with Crippen molar-refractivity contribution in [1.82, 2.24) is 15.0 Å². The lowest BCUT2D eigenvalue weighted by atomic mass is 10.1. The summed E-state index contributed by atoms with van der Waals surface area (Å²) in [7, 11) is 0. The van der Waals surface area contributed by atoms with Crippen LogP contribution in [0.2, 0.25) is 5.15 Å². The van der Waals surface area contributed by atoms with Gasteiger partial charge in [-0.3, -0.25) is 4.98 Å². The number of hydrogen-bond acceptors (Lipinski definition) is 6. The van der Waals surface area contributed by atoms with Crippen LogP contribution in [0.15, 0.2) is 6.20 Å². The van der Waals surface area contributed by atoms with Crippen molar-refractivity contribution in [1.29, 1.82) is 0 Å². The Hall–Kier alpha value is -1.35. The zero-order valence-corrected chi connectivity index (χ0v) is 14.0. The molecule has 0 spiro atoms. The van der Waals surface area contributed by atoms with Gasteiger partial charge in [-0.05, 0) is 47.6 Å². The van der Waals surface area contributed by atoms with Gasteiger partial charge in [0.05, 0.1) is 12.2 Å². The van der Waals surface area contributed by atoms with Gasteiger partial charge < -0.3 is 16.8 Å². The molecular weight excluding hydrogens is 391 g/mol. The lowest BCUT2D eigenvalue weighted by Gasteiger charge is -2.12. The molecule has 2 aromatic rings. The molecule has 8 heteroatoms. The second-order valence-electron chi connectivity index (χ2n) is 4.32. The highest BCUT2D eigenvalue weighted by Crippen LogP contribution is 2.25. The lowest BCUT2D eigenvalue weighted by molar-refractivity contribution is 0.987. The predicted molar refractivity (Wildman–Crippen MR) is 89.6 cm³/mol. The number of anilines is 3. The molecule has 0 amide bonds. The van der Waals surface area contributed by atoms with Gasteiger partial charge in [0.15, 0.2) is 11.0 Å². The number of aryl methyl sites for hydroxylation is 1. The number of nitrogen functional groups attached to an aromatic ring is 2. The first-order valence-corrected chi connectivity index (χ1v) is 7.28. The highest BCUT2D eigenvalue weighted by atomic mass is 127. The molecular formula is C12H14ClIN6. The topological polar surface area (TPSA) is 103 Å². The normalized spacial score (nSPS) is 10.6. The largest absolute Gasteiger partial charge is 0.393 e. The number of aromatic nitrogens is 3. The van der Waals surface area contributed by atoms with Crippen LogP contribution in [0.3, 0.4) is 0 Å². The minimum absolute atomic E-state index is 0.0786. The monoisotopic (exact) mass is 404 g/mol. The Morgan fingerprint density at radius 1 is 1.30 bits per heavy atom. The van der Waals surface area contributed by atoms with Crippen LogP contribution in [0.4, 0.5) is 17.5 Å². The van der Waals surface area contributed by atoms with Gasteiger partial charge in [0.1, 0.15) is 5.69 Å². The van der Waals surface area contributed by atoms with Gasteiger partial charge in [-0.2, -0.15) is 9.97 Å². The van der Waals surface area contributed by atoms with E-state index in [2.05, 4.69) is 42.9 Å². The molecule has 0 radical (unpaired) electrons. The maximum absolute atomic E-state index is 5.87. The molecule has 0 fully saturated rings. The third-order valence-electron chi connectivity index (χ3n) is 2.86. The Balaban J connectivity index is 2.24. The Morgan fingerprint density at radius 2 is 2.00 bits per heavy atom. The first-order chi connectivity index (χ1) is 9.40. The highest BCUT2D eigenvalue weighted by molar-refractivity contribution is 14.1.